The van der Waals surface area contributed by atoms with E-state index in [1.165, 1.54) is 25.3 Å². The van der Waals surface area contributed by atoms with Crippen LogP contribution in [0.2, 0.25) is 0 Å². The van der Waals surface area contributed by atoms with E-state index in [1.807, 2.05) is 6.07 Å². The van der Waals surface area contributed by atoms with Gasteiger partial charge >= 0.3 is 0 Å². The SMILES string of the molecule is NCC(c1ccccc1F)C(O)C1CC2CCC1C2. The molecular weight excluding hydrogens is 241 g/mol. The molecule has 1 aromatic rings. The Bertz CT molecular complexity index is 450. The van der Waals surface area contributed by atoms with Crippen LogP contribution in [0.5, 0.6) is 0 Å². The standard InChI is InChI=1S/C16H22FNO/c17-15-4-2-1-3-12(15)14(9-18)16(19)13-8-10-5-6-11(13)7-10/h1-4,10-11,13-14,16,19H,5-9,18H2. The number of halogens is 1. The first-order valence-corrected chi connectivity index (χ1v) is 7.33. The number of hydrogen-bond acceptors (Lipinski definition) is 2. The van der Waals surface area contributed by atoms with Crippen LogP contribution in [-0.2, 0) is 0 Å². The normalized spacial score (nSPS) is 32.5. The Balaban J connectivity index is 1.81. The summed E-state index contributed by atoms with van der Waals surface area (Å²) >= 11 is 0. The van der Waals surface area contributed by atoms with Crippen molar-refractivity contribution in [2.75, 3.05) is 6.54 Å². The van der Waals surface area contributed by atoms with E-state index in [1.54, 1.807) is 12.1 Å². The van der Waals surface area contributed by atoms with E-state index in [0.29, 0.717) is 23.9 Å². The van der Waals surface area contributed by atoms with Crippen LogP contribution < -0.4 is 5.73 Å². The molecule has 5 unspecified atom stereocenters. The van der Waals surface area contributed by atoms with Crippen LogP contribution in [-0.4, -0.2) is 17.8 Å². The highest BCUT2D eigenvalue weighted by atomic mass is 19.1. The lowest BCUT2D eigenvalue weighted by Crippen LogP contribution is -2.35. The summed E-state index contributed by atoms with van der Waals surface area (Å²) in [5.41, 5.74) is 6.38. The van der Waals surface area contributed by atoms with Crippen LogP contribution in [0.15, 0.2) is 24.3 Å². The number of benzene rings is 1. The van der Waals surface area contributed by atoms with Gasteiger partial charge in [-0.1, -0.05) is 24.6 Å². The van der Waals surface area contributed by atoms with Crippen molar-refractivity contribution in [2.45, 2.75) is 37.7 Å². The molecule has 3 heteroatoms. The number of fused-ring (bicyclic) bond motifs is 2. The minimum atomic E-state index is -0.503. The zero-order valence-electron chi connectivity index (χ0n) is 11.1. The van der Waals surface area contributed by atoms with Crippen molar-refractivity contribution in [2.24, 2.45) is 23.5 Å². The summed E-state index contributed by atoms with van der Waals surface area (Å²) in [6.07, 6.45) is 4.37. The highest BCUT2D eigenvalue weighted by Crippen LogP contribution is 2.51. The Hall–Kier alpha value is -0.930. The van der Waals surface area contributed by atoms with Gasteiger partial charge in [0.2, 0.25) is 0 Å². The van der Waals surface area contributed by atoms with Gasteiger partial charge in [-0.25, -0.2) is 4.39 Å². The van der Waals surface area contributed by atoms with Gasteiger partial charge < -0.3 is 10.8 Å². The van der Waals surface area contributed by atoms with Gasteiger partial charge in [-0.05, 0) is 48.6 Å². The monoisotopic (exact) mass is 263 g/mol. The first-order valence-electron chi connectivity index (χ1n) is 7.33. The van der Waals surface area contributed by atoms with Crippen molar-refractivity contribution in [3.05, 3.63) is 35.6 Å². The van der Waals surface area contributed by atoms with E-state index in [-0.39, 0.29) is 11.7 Å². The third kappa shape index (κ3) is 2.30. The topological polar surface area (TPSA) is 46.2 Å². The third-order valence-electron chi connectivity index (χ3n) is 5.20. The number of rotatable bonds is 4. The van der Waals surface area contributed by atoms with Gasteiger partial charge in [-0.15, -0.1) is 0 Å². The molecule has 2 fully saturated rings. The minimum Gasteiger partial charge on any atom is -0.392 e. The molecular formula is C16H22FNO. The highest BCUT2D eigenvalue weighted by molar-refractivity contribution is 5.24. The second kappa shape index (κ2) is 5.22. The quantitative estimate of drug-likeness (QED) is 0.877. The molecule has 2 aliphatic carbocycles. The van der Waals surface area contributed by atoms with Crippen LogP contribution >= 0.6 is 0 Å². The average Bonchev–Trinajstić information content (AvgIpc) is 3.04. The van der Waals surface area contributed by atoms with Gasteiger partial charge in [0.1, 0.15) is 5.82 Å². The molecule has 1 aromatic carbocycles. The predicted octanol–water partition coefficient (Wildman–Crippen LogP) is 2.67. The second-order valence-electron chi connectivity index (χ2n) is 6.19. The molecule has 0 amide bonds. The van der Waals surface area contributed by atoms with Gasteiger partial charge in [0, 0.05) is 12.5 Å². The van der Waals surface area contributed by atoms with E-state index in [0.717, 1.165) is 12.3 Å². The van der Waals surface area contributed by atoms with Crippen LogP contribution in [0.25, 0.3) is 0 Å². The number of nitrogens with two attached hydrogens (primary N) is 1. The number of hydrogen-bond donors (Lipinski definition) is 2. The fourth-order valence-corrected chi connectivity index (χ4v) is 4.24. The molecule has 0 aliphatic heterocycles. The van der Waals surface area contributed by atoms with Crippen LogP contribution in [0.1, 0.15) is 37.2 Å². The molecule has 3 N–H and O–H groups in total. The van der Waals surface area contributed by atoms with Crippen LogP contribution in [0, 0.1) is 23.6 Å². The molecule has 2 bridgehead atoms. The van der Waals surface area contributed by atoms with Gasteiger partial charge in [-0.2, -0.15) is 0 Å². The summed E-state index contributed by atoms with van der Waals surface area (Å²) in [6.45, 7) is 0.302. The lowest BCUT2D eigenvalue weighted by molar-refractivity contribution is 0.0523. The molecule has 2 nitrogen and oxygen atoms in total. The van der Waals surface area contributed by atoms with Gasteiger partial charge in [-0.3, -0.25) is 0 Å². The zero-order chi connectivity index (χ0) is 13.4. The molecule has 0 aromatic heterocycles. The first-order chi connectivity index (χ1) is 9.20. The summed E-state index contributed by atoms with van der Waals surface area (Å²) in [7, 11) is 0. The largest absolute Gasteiger partial charge is 0.392 e. The summed E-state index contributed by atoms with van der Waals surface area (Å²) in [6, 6.07) is 6.69. The van der Waals surface area contributed by atoms with Crippen molar-refractivity contribution in [1.29, 1.82) is 0 Å². The lowest BCUT2D eigenvalue weighted by atomic mass is 9.77. The maximum Gasteiger partial charge on any atom is 0.126 e. The molecule has 0 radical (unpaired) electrons. The summed E-state index contributed by atoms with van der Waals surface area (Å²) in [4.78, 5) is 0. The maximum absolute atomic E-state index is 13.9. The van der Waals surface area contributed by atoms with Crippen molar-refractivity contribution < 1.29 is 9.50 Å². The fourth-order valence-electron chi connectivity index (χ4n) is 4.24. The lowest BCUT2D eigenvalue weighted by Gasteiger charge is -2.32. The average molecular weight is 263 g/mol. The Labute approximate surface area is 113 Å². The summed E-state index contributed by atoms with van der Waals surface area (Å²) in [5.74, 6) is 1.20. The predicted molar refractivity (Wildman–Crippen MR) is 73.1 cm³/mol. The van der Waals surface area contributed by atoms with Gasteiger partial charge in [0.25, 0.3) is 0 Å². The van der Waals surface area contributed by atoms with E-state index >= 15 is 0 Å². The zero-order valence-corrected chi connectivity index (χ0v) is 11.1. The van der Waals surface area contributed by atoms with Crippen LogP contribution in [0.4, 0.5) is 4.39 Å². The van der Waals surface area contributed by atoms with E-state index in [9.17, 15) is 9.50 Å². The second-order valence-corrected chi connectivity index (χ2v) is 6.19. The van der Waals surface area contributed by atoms with E-state index < -0.39 is 6.10 Å². The molecule has 0 heterocycles. The first kappa shape index (κ1) is 13.1. The Morgan fingerprint density at radius 1 is 1.26 bits per heavy atom. The van der Waals surface area contributed by atoms with E-state index in [4.69, 9.17) is 5.73 Å². The van der Waals surface area contributed by atoms with Gasteiger partial charge in [0.15, 0.2) is 0 Å². The molecule has 104 valence electrons. The molecule has 2 aliphatic rings. The van der Waals surface area contributed by atoms with Gasteiger partial charge in [0.05, 0.1) is 6.10 Å². The Kier molecular flexibility index (Phi) is 3.59. The Morgan fingerprint density at radius 2 is 2.05 bits per heavy atom. The third-order valence-corrected chi connectivity index (χ3v) is 5.20. The summed E-state index contributed by atoms with van der Waals surface area (Å²) < 4.78 is 13.9. The highest BCUT2D eigenvalue weighted by Gasteiger charge is 2.44. The molecule has 3 rings (SSSR count). The molecule has 0 spiro atoms. The molecule has 19 heavy (non-hydrogen) atoms. The van der Waals surface area contributed by atoms with Crippen molar-refractivity contribution in [3.63, 3.8) is 0 Å². The van der Waals surface area contributed by atoms with E-state index in [2.05, 4.69) is 0 Å². The number of aliphatic hydroxyl groups is 1. The smallest absolute Gasteiger partial charge is 0.126 e. The summed E-state index contributed by atoms with van der Waals surface area (Å²) in [5, 5.41) is 10.7. The molecule has 2 saturated carbocycles. The van der Waals surface area contributed by atoms with Crippen molar-refractivity contribution in [1.82, 2.24) is 0 Å². The van der Waals surface area contributed by atoms with Crippen LogP contribution in [0.3, 0.4) is 0 Å². The Morgan fingerprint density at radius 3 is 2.63 bits per heavy atom. The molecule has 0 saturated heterocycles. The van der Waals surface area contributed by atoms with Crippen molar-refractivity contribution in [3.8, 4) is 0 Å². The maximum atomic E-state index is 13.9. The minimum absolute atomic E-state index is 0.250. The number of aliphatic hydroxyl groups excluding tert-OH is 1. The van der Waals surface area contributed by atoms with Crippen molar-refractivity contribution >= 4 is 0 Å². The molecule has 5 atom stereocenters. The fraction of sp³-hybridized carbons (Fsp3) is 0.625.